The van der Waals surface area contributed by atoms with Crippen molar-refractivity contribution < 1.29 is 4.74 Å². The number of hydrogen-bond acceptors (Lipinski definition) is 2. The molecule has 0 N–H and O–H groups in total. The molecule has 0 saturated heterocycles. The summed E-state index contributed by atoms with van der Waals surface area (Å²) in [5, 5.41) is 0.602. The molecule has 2 aromatic carbocycles. The first-order valence-electron chi connectivity index (χ1n) is 6.13. The number of rotatable bonds is 2. The van der Waals surface area contributed by atoms with E-state index in [9.17, 15) is 4.79 Å². The van der Waals surface area contributed by atoms with Gasteiger partial charge in [0.05, 0.1) is 23.8 Å². The average Bonchev–Trinajstić information content (AvgIpc) is 2.71. The van der Waals surface area contributed by atoms with Crippen molar-refractivity contribution in [3.8, 4) is 11.4 Å². The van der Waals surface area contributed by atoms with E-state index >= 15 is 0 Å². The Hall–Kier alpha value is -2.20. The van der Waals surface area contributed by atoms with Crippen LogP contribution in [-0.4, -0.2) is 16.2 Å². The van der Waals surface area contributed by atoms with E-state index in [1.807, 2.05) is 30.3 Å². The van der Waals surface area contributed by atoms with E-state index in [0.717, 1.165) is 22.5 Å². The molecule has 0 bridgehead atoms. The van der Waals surface area contributed by atoms with Gasteiger partial charge in [0.25, 0.3) is 0 Å². The number of halogens is 1. The highest BCUT2D eigenvalue weighted by Gasteiger charge is 2.12. The van der Waals surface area contributed by atoms with Crippen LogP contribution in [0.2, 0.25) is 5.02 Å². The van der Waals surface area contributed by atoms with E-state index in [2.05, 4.69) is 0 Å². The van der Waals surface area contributed by atoms with Gasteiger partial charge in [-0.25, -0.2) is 4.79 Å². The molecule has 0 aliphatic rings. The summed E-state index contributed by atoms with van der Waals surface area (Å²) in [5.41, 5.74) is 2.31. The summed E-state index contributed by atoms with van der Waals surface area (Å²) in [4.78, 5) is 12.4. The van der Waals surface area contributed by atoms with Gasteiger partial charge in [-0.05, 0) is 42.5 Å². The number of ether oxygens (including phenoxy) is 1. The molecule has 102 valence electrons. The second-order valence-corrected chi connectivity index (χ2v) is 4.94. The Morgan fingerprint density at radius 2 is 1.75 bits per heavy atom. The zero-order valence-electron chi connectivity index (χ0n) is 11.1. The molecule has 0 saturated carbocycles. The fraction of sp³-hybridized carbons (Fsp3) is 0.133. The average molecular weight is 289 g/mol. The van der Waals surface area contributed by atoms with Crippen molar-refractivity contribution in [2.24, 2.45) is 7.05 Å². The van der Waals surface area contributed by atoms with Crippen LogP contribution >= 0.6 is 11.6 Å². The highest BCUT2D eigenvalue weighted by molar-refractivity contribution is 6.31. The minimum Gasteiger partial charge on any atom is -0.497 e. The van der Waals surface area contributed by atoms with Gasteiger partial charge in [-0.15, -0.1) is 0 Å². The molecule has 5 heteroatoms. The van der Waals surface area contributed by atoms with E-state index in [-0.39, 0.29) is 5.69 Å². The smallest absolute Gasteiger partial charge is 0.333 e. The van der Waals surface area contributed by atoms with Gasteiger partial charge >= 0.3 is 5.69 Å². The molecule has 1 aromatic heterocycles. The Kier molecular flexibility index (Phi) is 3.03. The monoisotopic (exact) mass is 288 g/mol. The van der Waals surface area contributed by atoms with Crippen molar-refractivity contribution in [1.29, 1.82) is 0 Å². The third-order valence-corrected chi connectivity index (χ3v) is 3.58. The van der Waals surface area contributed by atoms with Crippen LogP contribution in [-0.2, 0) is 7.05 Å². The highest BCUT2D eigenvalue weighted by Crippen LogP contribution is 2.22. The number of hydrogen-bond donors (Lipinski definition) is 0. The topological polar surface area (TPSA) is 36.2 Å². The second kappa shape index (κ2) is 4.72. The molecule has 0 fully saturated rings. The molecule has 3 aromatic rings. The van der Waals surface area contributed by atoms with E-state index in [4.69, 9.17) is 16.3 Å². The Morgan fingerprint density at radius 1 is 1.05 bits per heavy atom. The third-order valence-electron chi connectivity index (χ3n) is 3.35. The molecule has 0 atom stereocenters. The molecule has 1 heterocycles. The minimum atomic E-state index is -0.104. The fourth-order valence-corrected chi connectivity index (χ4v) is 2.46. The summed E-state index contributed by atoms with van der Waals surface area (Å²) in [6.07, 6.45) is 0. The van der Waals surface area contributed by atoms with Gasteiger partial charge in [-0.1, -0.05) is 11.6 Å². The Bertz CT molecular complexity index is 831. The maximum atomic E-state index is 12.4. The van der Waals surface area contributed by atoms with Crippen molar-refractivity contribution in [3.63, 3.8) is 0 Å². The summed E-state index contributed by atoms with van der Waals surface area (Å²) < 4.78 is 8.38. The molecule has 0 radical (unpaired) electrons. The van der Waals surface area contributed by atoms with E-state index < -0.39 is 0 Å². The summed E-state index contributed by atoms with van der Waals surface area (Å²) in [6.45, 7) is 0. The van der Waals surface area contributed by atoms with E-state index in [1.54, 1.807) is 35.4 Å². The van der Waals surface area contributed by atoms with E-state index in [1.165, 1.54) is 0 Å². The molecule has 0 aliphatic heterocycles. The predicted molar refractivity (Wildman–Crippen MR) is 80.1 cm³/mol. The quantitative estimate of drug-likeness (QED) is 0.727. The van der Waals surface area contributed by atoms with Gasteiger partial charge < -0.3 is 4.74 Å². The standard InChI is InChI=1S/C15H13ClN2O2/c1-17-13-8-3-10(16)9-14(13)18(15(17)19)11-4-6-12(20-2)7-5-11/h3-9H,1-2H3. The summed E-state index contributed by atoms with van der Waals surface area (Å²) >= 11 is 6.04. The summed E-state index contributed by atoms with van der Waals surface area (Å²) in [7, 11) is 3.36. The first-order valence-corrected chi connectivity index (χ1v) is 6.51. The molecule has 3 rings (SSSR count). The van der Waals surface area contributed by atoms with Gasteiger partial charge in [0.2, 0.25) is 0 Å². The third kappa shape index (κ3) is 1.89. The van der Waals surface area contributed by atoms with Crippen LogP contribution in [0.5, 0.6) is 5.75 Å². The van der Waals surface area contributed by atoms with Gasteiger partial charge in [-0.2, -0.15) is 0 Å². The zero-order valence-corrected chi connectivity index (χ0v) is 11.9. The maximum Gasteiger partial charge on any atom is 0.333 e. The number of aryl methyl sites for hydroxylation is 1. The van der Waals surface area contributed by atoms with Gasteiger partial charge in [-0.3, -0.25) is 9.13 Å². The number of imidazole rings is 1. The van der Waals surface area contributed by atoms with Crippen LogP contribution < -0.4 is 10.4 Å². The molecular weight excluding hydrogens is 276 g/mol. The number of methoxy groups -OCH3 is 1. The van der Waals surface area contributed by atoms with Crippen LogP contribution in [0.4, 0.5) is 0 Å². The lowest BCUT2D eigenvalue weighted by Crippen LogP contribution is -2.20. The number of fused-ring (bicyclic) bond motifs is 1. The molecule has 4 nitrogen and oxygen atoms in total. The molecule has 0 amide bonds. The van der Waals surface area contributed by atoms with Crippen molar-refractivity contribution >= 4 is 22.6 Å². The maximum absolute atomic E-state index is 12.4. The summed E-state index contributed by atoms with van der Waals surface area (Å²) in [6, 6.07) is 12.8. The van der Waals surface area contributed by atoms with Crippen LogP contribution in [0.25, 0.3) is 16.7 Å². The first-order chi connectivity index (χ1) is 9.61. The van der Waals surface area contributed by atoms with Crippen molar-refractivity contribution in [2.75, 3.05) is 7.11 Å². The minimum absolute atomic E-state index is 0.104. The Balaban J connectivity index is 2.31. The largest absolute Gasteiger partial charge is 0.497 e. The van der Waals surface area contributed by atoms with Crippen molar-refractivity contribution in [2.45, 2.75) is 0 Å². The lowest BCUT2D eigenvalue weighted by Gasteiger charge is -2.05. The lowest BCUT2D eigenvalue weighted by atomic mass is 10.2. The molecular formula is C15H13ClN2O2. The lowest BCUT2D eigenvalue weighted by molar-refractivity contribution is 0.414. The summed E-state index contributed by atoms with van der Waals surface area (Å²) in [5.74, 6) is 0.750. The molecule has 0 spiro atoms. The van der Waals surface area contributed by atoms with Gasteiger partial charge in [0.1, 0.15) is 5.75 Å². The first kappa shape index (κ1) is 12.8. The van der Waals surface area contributed by atoms with Crippen LogP contribution in [0.15, 0.2) is 47.3 Å². The van der Waals surface area contributed by atoms with Crippen molar-refractivity contribution in [3.05, 3.63) is 58.0 Å². The van der Waals surface area contributed by atoms with Gasteiger partial charge in [0.15, 0.2) is 0 Å². The molecule has 20 heavy (non-hydrogen) atoms. The Labute approximate surface area is 120 Å². The number of benzene rings is 2. The zero-order chi connectivity index (χ0) is 14.3. The highest BCUT2D eigenvalue weighted by atomic mass is 35.5. The normalized spacial score (nSPS) is 10.9. The number of nitrogens with zero attached hydrogens (tertiary/aromatic N) is 2. The van der Waals surface area contributed by atoms with E-state index in [0.29, 0.717) is 5.02 Å². The molecule has 0 aliphatic carbocycles. The van der Waals surface area contributed by atoms with Crippen LogP contribution in [0, 0.1) is 0 Å². The molecule has 0 unspecified atom stereocenters. The van der Waals surface area contributed by atoms with Crippen molar-refractivity contribution in [1.82, 2.24) is 9.13 Å². The second-order valence-electron chi connectivity index (χ2n) is 4.51. The van der Waals surface area contributed by atoms with Gasteiger partial charge in [0, 0.05) is 12.1 Å². The van der Waals surface area contributed by atoms with Crippen LogP contribution in [0.1, 0.15) is 0 Å². The Morgan fingerprint density at radius 3 is 2.40 bits per heavy atom. The SMILES string of the molecule is COc1ccc(-n2c(=O)n(C)c3ccc(Cl)cc32)cc1. The fourth-order valence-electron chi connectivity index (χ4n) is 2.30. The predicted octanol–water partition coefficient (Wildman–Crippen LogP) is 2.99. The number of aromatic nitrogens is 2. The van der Waals surface area contributed by atoms with Crippen LogP contribution in [0.3, 0.4) is 0 Å².